The van der Waals surface area contributed by atoms with E-state index in [0.717, 1.165) is 44.2 Å². The van der Waals surface area contributed by atoms with Crippen molar-refractivity contribution in [3.63, 3.8) is 0 Å². The number of carbonyl (C=O) groups is 1. The van der Waals surface area contributed by atoms with Gasteiger partial charge in [0.05, 0.1) is 11.1 Å². The molecule has 0 saturated heterocycles. The summed E-state index contributed by atoms with van der Waals surface area (Å²) in [6, 6.07) is 0.0875. The number of hydrogen-bond acceptors (Lipinski definition) is 4. The molecule has 1 amide bonds. The summed E-state index contributed by atoms with van der Waals surface area (Å²) < 4.78 is 3.87. The number of hydrogen-bond donors (Lipinski definition) is 1. The summed E-state index contributed by atoms with van der Waals surface area (Å²) in [5.41, 5.74) is 0.807. The smallest absolute Gasteiger partial charge is 0.265 e. The highest BCUT2D eigenvalue weighted by Gasteiger charge is 2.26. The van der Waals surface area contributed by atoms with Crippen molar-refractivity contribution in [1.29, 1.82) is 0 Å². The second-order valence-corrected chi connectivity index (χ2v) is 5.99. The Morgan fingerprint density at radius 3 is 3.00 bits per heavy atom. The van der Waals surface area contributed by atoms with E-state index in [4.69, 9.17) is 11.6 Å². The van der Waals surface area contributed by atoms with Crippen LogP contribution in [-0.4, -0.2) is 26.9 Å². The highest BCUT2D eigenvalue weighted by molar-refractivity contribution is 7.08. The van der Waals surface area contributed by atoms with Gasteiger partial charge in [-0.1, -0.05) is 30.7 Å². The molecule has 1 saturated carbocycles. The Kier molecular flexibility index (Phi) is 4.95. The van der Waals surface area contributed by atoms with E-state index in [2.05, 4.69) is 21.8 Å². The van der Waals surface area contributed by atoms with E-state index in [-0.39, 0.29) is 17.3 Å². The van der Waals surface area contributed by atoms with Gasteiger partial charge in [0, 0.05) is 6.04 Å². The minimum atomic E-state index is -0.0639. The second kappa shape index (κ2) is 6.48. The van der Waals surface area contributed by atoms with Gasteiger partial charge in [0.25, 0.3) is 5.91 Å². The van der Waals surface area contributed by atoms with Gasteiger partial charge < -0.3 is 5.32 Å². The monoisotopic (exact) mass is 287 g/mol. The molecule has 2 rings (SSSR count). The van der Waals surface area contributed by atoms with Crippen LogP contribution in [-0.2, 0) is 6.42 Å². The van der Waals surface area contributed by atoms with Crippen molar-refractivity contribution in [1.82, 2.24) is 14.9 Å². The Bertz CT molecular complexity index is 410. The summed E-state index contributed by atoms with van der Waals surface area (Å²) in [6.07, 6.45) is 6.01. The first-order valence-electron chi connectivity index (χ1n) is 6.48. The molecule has 0 aromatic carbocycles. The molecule has 4 nitrogen and oxygen atoms in total. The molecule has 2 atom stereocenters. The van der Waals surface area contributed by atoms with Crippen LogP contribution in [0.4, 0.5) is 0 Å². The lowest BCUT2D eigenvalue weighted by Gasteiger charge is -2.27. The first-order valence-corrected chi connectivity index (χ1v) is 7.69. The number of halogens is 1. The van der Waals surface area contributed by atoms with E-state index in [9.17, 15) is 4.79 Å². The third-order valence-electron chi connectivity index (χ3n) is 3.25. The largest absolute Gasteiger partial charge is 0.347 e. The Labute approximate surface area is 116 Å². The Balaban J connectivity index is 2.00. The van der Waals surface area contributed by atoms with Crippen LogP contribution in [0.1, 0.15) is 54.4 Å². The average molecular weight is 288 g/mol. The van der Waals surface area contributed by atoms with Crippen LogP contribution in [0.3, 0.4) is 0 Å². The number of rotatable bonds is 4. The number of aromatic nitrogens is 2. The fraction of sp³-hybridized carbons (Fsp3) is 0.750. The molecule has 0 aliphatic heterocycles. The third kappa shape index (κ3) is 3.20. The van der Waals surface area contributed by atoms with E-state index in [0.29, 0.717) is 4.88 Å². The summed E-state index contributed by atoms with van der Waals surface area (Å²) in [7, 11) is 0. The molecular formula is C12H18ClN3OS. The number of nitrogens with zero attached hydrogens (tertiary/aromatic N) is 2. The minimum absolute atomic E-state index is 0.0539. The SMILES string of the molecule is CCCc1nnsc1C(=O)NC1CCCCC1Cl. The maximum Gasteiger partial charge on any atom is 0.265 e. The number of nitrogens with one attached hydrogen (secondary N) is 1. The Morgan fingerprint density at radius 1 is 1.50 bits per heavy atom. The van der Waals surface area contributed by atoms with Crippen molar-refractivity contribution in [3.8, 4) is 0 Å². The highest BCUT2D eigenvalue weighted by atomic mass is 35.5. The first kappa shape index (κ1) is 13.7. The number of alkyl halides is 1. The number of amides is 1. The van der Waals surface area contributed by atoms with Gasteiger partial charge in [-0.05, 0) is 30.8 Å². The second-order valence-electron chi connectivity index (χ2n) is 4.68. The molecule has 1 aliphatic rings. The molecule has 1 aromatic heterocycles. The van der Waals surface area contributed by atoms with E-state index >= 15 is 0 Å². The van der Waals surface area contributed by atoms with Crippen molar-refractivity contribution >= 4 is 29.0 Å². The summed E-state index contributed by atoms with van der Waals surface area (Å²) in [5.74, 6) is -0.0639. The maximum atomic E-state index is 12.2. The van der Waals surface area contributed by atoms with Crippen LogP contribution >= 0.6 is 23.1 Å². The van der Waals surface area contributed by atoms with Gasteiger partial charge in [-0.2, -0.15) is 0 Å². The predicted octanol–water partition coefficient (Wildman–Crippen LogP) is 2.77. The topological polar surface area (TPSA) is 54.9 Å². The quantitative estimate of drug-likeness (QED) is 0.867. The summed E-state index contributed by atoms with van der Waals surface area (Å²) in [6.45, 7) is 2.07. The fourth-order valence-corrected chi connectivity index (χ4v) is 3.22. The molecule has 1 aliphatic carbocycles. The molecule has 0 spiro atoms. The third-order valence-corrected chi connectivity index (χ3v) is 4.54. The average Bonchev–Trinajstić information content (AvgIpc) is 2.81. The van der Waals surface area contributed by atoms with E-state index in [1.165, 1.54) is 11.5 Å². The first-order chi connectivity index (χ1) is 8.72. The molecule has 6 heteroatoms. The number of aryl methyl sites for hydroxylation is 1. The molecule has 2 unspecified atom stereocenters. The van der Waals surface area contributed by atoms with E-state index < -0.39 is 0 Å². The van der Waals surface area contributed by atoms with Crippen molar-refractivity contribution in [2.45, 2.75) is 56.9 Å². The minimum Gasteiger partial charge on any atom is -0.347 e. The fourth-order valence-electron chi connectivity index (χ4n) is 2.26. The molecule has 1 heterocycles. The zero-order chi connectivity index (χ0) is 13.0. The molecule has 100 valence electrons. The van der Waals surface area contributed by atoms with E-state index in [1.807, 2.05) is 0 Å². The van der Waals surface area contributed by atoms with Gasteiger partial charge in [-0.25, -0.2) is 0 Å². The Morgan fingerprint density at radius 2 is 2.28 bits per heavy atom. The lowest BCUT2D eigenvalue weighted by Crippen LogP contribution is -2.42. The molecule has 1 fully saturated rings. The molecule has 1 N–H and O–H groups in total. The lowest BCUT2D eigenvalue weighted by atomic mass is 9.95. The molecule has 0 radical (unpaired) electrons. The summed E-state index contributed by atoms with van der Waals surface area (Å²) in [4.78, 5) is 12.8. The highest BCUT2D eigenvalue weighted by Crippen LogP contribution is 2.24. The molecule has 0 bridgehead atoms. The van der Waals surface area contributed by atoms with Gasteiger partial charge in [-0.3, -0.25) is 4.79 Å². The van der Waals surface area contributed by atoms with Gasteiger partial charge in [0.1, 0.15) is 4.88 Å². The molecular weight excluding hydrogens is 270 g/mol. The summed E-state index contributed by atoms with van der Waals surface area (Å²) in [5, 5.41) is 7.10. The lowest BCUT2D eigenvalue weighted by molar-refractivity contribution is 0.0931. The maximum absolute atomic E-state index is 12.2. The van der Waals surface area contributed by atoms with Crippen LogP contribution in [0, 0.1) is 0 Å². The van der Waals surface area contributed by atoms with Crippen LogP contribution in [0.25, 0.3) is 0 Å². The van der Waals surface area contributed by atoms with Gasteiger partial charge in [0.2, 0.25) is 0 Å². The zero-order valence-corrected chi connectivity index (χ0v) is 12.1. The zero-order valence-electron chi connectivity index (χ0n) is 10.5. The number of carbonyl (C=O) groups excluding carboxylic acids is 1. The van der Waals surface area contributed by atoms with Gasteiger partial charge in [-0.15, -0.1) is 16.7 Å². The normalized spacial score (nSPS) is 23.9. The van der Waals surface area contributed by atoms with Crippen molar-refractivity contribution < 1.29 is 4.79 Å². The standard InChI is InChI=1S/C12H18ClN3OS/c1-2-5-10-11(18-16-15-10)12(17)14-9-7-4-3-6-8(9)13/h8-9H,2-7H2,1H3,(H,14,17). The Hall–Kier alpha value is -0.680. The van der Waals surface area contributed by atoms with Crippen molar-refractivity contribution in [3.05, 3.63) is 10.6 Å². The van der Waals surface area contributed by atoms with Gasteiger partial charge >= 0.3 is 0 Å². The molecule has 18 heavy (non-hydrogen) atoms. The van der Waals surface area contributed by atoms with Crippen LogP contribution in [0.5, 0.6) is 0 Å². The summed E-state index contributed by atoms with van der Waals surface area (Å²) >= 11 is 7.42. The van der Waals surface area contributed by atoms with Gasteiger partial charge in [0.15, 0.2) is 0 Å². The van der Waals surface area contributed by atoms with Crippen LogP contribution < -0.4 is 5.32 Å². The van der Waals surface area contributed by atoms with Crippen LogP contribution in [0.15, 0.2) is 0 Å². The molecule has 1 aromatic rings. The van der Waals surface area contributed by atoms with Crippen LogP contribution in [0.2, 0.25) is 0 Å². The predicted molar refractivity (Wildman–Crippen MR) is 73.3 cm³/mol. The van der Waals surface area contributed by atoms with Crippen molar-refractivity contribution in [2.75, 3.05) is 0 Å². The van der Waals surface area contributed by atoms with Crippen molar-refractivity contribution in [2.24, 2.45) is 0 Å². The van der Waals surface area contributed by atoms with E-state index in [1.54, 1.807) is 0 Å².